The zero-order chi connectivity index (χ0) is 25.9. The molecule has 1 aromatic carbocycles. The molecule has 3 aliphatic rings. The fourth-order valence-electron chi connectivity index (χ4n) is 4.92. The Morgan fingerprint density at radius 1 is 1.24 bits per heavy atom. The first-order valence-electron chi connectivity index (χ1n) is 11.8. The molecule has 1 unspecified atom stereocenters. The third-order valence-electron chi connectivity index (χ3n) is 6.66. The number of halogens is 3. The van der Waals surface area contributed by atoms with Crippen molar-refractivity contribution in [1.29, 1.82) is 0 Å². The molecule has 188 valence electrons. The molecule has 37 heavy (non-hydrogen) atoms. The Balaban J connectivity index is 1.24. The summed E-state index contributed by atoms with van der Waals surface area (Å²) in [5.41, 5.74) is 9.53. The van der Waals surface area contributed by atoms with Gasteiger partial charge in [0.25, 0.3) is 0 Å². The molecule has 0 bridgehead atoms. The number of nitrogens with one attached hydrogen (secondary N) is 2. The highest BCUT2D eigenvalue weighted by Gasteiger charge is 2.40. The lowest BCUT2D eigenvalue weighted by Crippen LogP contribution is -2.28. The van der Waals surface area contributed by atoms with Crippen LogP contribution >= 0.6 is 0 Å². The van der Waals surface area contributed by atoms with Gasteiger partial charge in [0.2, 0.25) is 5.78 Å². The average Bonchev–Trinajstić information content (AvgIpc) is 3.57. The van der Waals surface area contributed by atoms with E-state index >= 15 is 0 Å². The Bertz CT molecular complexity index is 1610. The zero-order valence-corrected chi connectivity index (χ0v) is 19.7. The first kappa shape index (κ1) is 23.0. The van der Waals surface area contributed by atoms with Gasteiger partial charge in [0.1, 0.15) is 17.4 Å². The number of alkyl halides is 3. The van der Waals surface area contributed by atoms with E-state index in [4.69, 9.17) is 5.73 Å². The number of hydrogen-bond acceptors (Lipinski definition) is 6. The van der Waals surface area contributed by atoms with Crippen LogP contribution < -0.4 is 11.1 Å². The number of anilines is 1. The van der Waals surface area contributed by atoms with E-state index in [0.29, 0.717) is 35.5 Å². The molecule has 0 saturated carbocycles. The highest BCUT2D eigenvalue weighted by Crippen LogP contribution is 2.36. The largest absolute Gasteiger partial charge is 0.433 e. The number of nitrogen functional groups attached to an aromatic ring is 1. The highest BCUT2D eigenvalue weighted by atomic mass is 19.4. The number of aromatic amines is 1. The molecule has 4 N–H and O–H groups in total. The summed E-state index contributed by atoms with van der Waals surface area (Å²) >= 11 is 0. The number of fused-ring (bicyclic) bond motifs is 2. The van der Waals surface area contributed by atoms with Crippen molar-refractivity contribution in [2.75, 3.05) is 12.3 Å². The first-order valence-corrected chi connectivity index (χ1v) is 11.8. The summed E-state index contributed by atoms with van der Waals surface area (Å²) in [5.74, 6) is 0.490. The smallest absolute Gasteiger partial charge is 0.383 e. The maximum absolute atomic E-state index is 13.5. The number of rotatable bonds is 4. The topological polar surface area (TPSA) is 114 Å². The van der Waals surface area contributed by atoms with Crippen molar-refractivity contribution >= 4 is 28.3 Å². The Kier molecular flexibility index (Phi) is 5.18. The number of nitrogens with zero attached hydrogens (tertiary/aromatic N) is 4. The standard InChI is InChI=1S/C26H22F3N7O/c1-13-33-19-7-6-16(11-21(19)34-13)36-25(30)18(12-32-36)23(37)22-10-15-5-4-14(9-20(15)35-22)17-3-2-8-31-24(17)26(27,28)29/h3-4,6-7,9-12,15,35H,2,5,8,30H2,1H3,(H,33,34). The fourth-order valence-corrected chi connectivity index (χ4v) is 4.92. The van der Waals surface area contributed by atoms with Gasteiger partial charge in [-0.15, -0.1) is 0 Å². The molecule has 0 saturated heterocycles. The lowest BCUT2D eigenvalue weighted by Gasteiger charge is -2.22. The van der Waals surface area contributed by atoms with Crippen LogP contribution in [0.1, 0.15) is 29.0 Å². The van der Waals surface area contributed by atoms with E-state index in [2.05, 4.69) is 25.4 Å². The lowest BCUT2D eigenvalue weighted by atomic mass is 9.88. The minimum Gasteiger partial charge on any atom is -0.383 e. The molecule has 8 nitrogen and oxygen atoms in total. The van der Waals surface area contributed by atoms with Gasteiger partial charge >= 0.3 is 6.18 Å². The van der Waals surface area contributed by atoms with Gasteiger partial charge in [-0.25, -0.2) is 9.67 Å². The van der Waals surface area contributed by atoms with Crippen LogP contribution in [0.3, 0.4) is 0 Å². The molecule has 0 amide bonds. The molecule has 2 aromatic heterocycles. The summed E-state index contributed by atoms with van der Waals surface area (Å²) in [6, 6.07) is 5.51. The van der Waals surface area contributed by atoms with E-state index in [1.807, 2.05) is 25.1 Å². The van der Waals surface area contributed by atoms with Crippen LogP contribution in [0.5, 0.6) is 0 Å². The summed E-state index contributed by atoms with van der Waals surface area (Å²) in [6.45, 7) is 1.98. The average molecular weight is 506 g/mol. The molecule has 2 aliphatic heterocycles. The van der Waals surface area contributed by atoms with E-state index in [1.54, 1.807) is 24.3 Å². The van der Waals surface area contributed by atoms with Crippen LogP contribution in [0.15, 0.2) is 76.2 Å². The number of allylic oxidation sites excluding steroid dienone is 6. The van der Waals surface area contributed by atoms with Gasteiger partial charge in [0.15, 0.2) is 0 Å². The van der Waals surface area contributed by atoms with E-state index in [9.17, 15) is 18.0 Å². The molecule has 3 aromatic rings. The van der Waals surface area contributed by atoms with E-state index < -0.39 is 11.9 Å². The molecule has 0 fully saturated rings. The van der Waals surface area contributed by atoms with Crippen LogP contribution in [0.25, 0.3) is 16.7 Å². The van der Waals surface area contributed by atoms with Crippen molar-refractivity contribution < 1.29 is 18.0 Å². The second kappa shape index (κ2) is 8.32. The Hall–Kier alpha value is -4.41. The third-order valence-corrected chi connectivity index (χ3v) is 6.66. The van der Waals surface area contributed by atoms with Gasteiger partial charge in [-0.1, -0.05) is 12.2 Å². The van der Waals surface area contributed by atoms with Crippen LogP contribution in [0.2, 0.25) is 0 Å². The number of aryl methyl sites for hydroxylation is 1. The number of H-pyrrole nitrogens is 1. The number of aromatic nitrogens is 4. The number of carbonyl (C=O) groups is 1. The fraction of sp³-hybridized carbons (Fsp3) is 0.231. The van der Waals surface area contributed by atoms with Crippen molar-refractivity contribution in [3.8, 4) is 5.69 Å². The molecular formula is C26H22F3N7O. The van der Waals surface area contributed by atoms with Crippen molar-refractivity contribution in [3.05, 3.63) is 82.6 Å². The van der Waals surface area contributed by atoms with Crippen molar-refractivity contribution in [2.45, 2.75) is 25.9 Å². The van der Waals surface area contributed by atoms with Gasteiger partial charge in [-0.2, -0.15) is 18.3 Å². The van der Waals surface area contributed by atoms with E-state index in [0.717, 1.165) is 16.9 Å². The molecule has 11 heteroatoms. The van der Waals surface area contributed by atoms with E-state index in [-0.39, 0.29) is 35.2 Å². The molecule has 0 radical (unpaired) electrons. The maximum Gasteiger partial charge on any atom is 0.433 e. The Labute approximate surface area is 209 Å². The first-order chi connectivity index (χ1) is 17.7. The van der Waals surface area contributed by atoms with Crippen molar-refractivity contribution in [1.82, 2.24) is 25.1 Å². The maximum atomic E-state index is 13.5. The van der Waals surface area contributed by atoms with Gasteiger partial charge in [0, 0.05) is 23.7 Å². The summed E-state index contributed by atoms with van der Waals surface area (Å²) in [6.07, 6.45) is 4.59. The van der Waals surface area contributed by atoms with Crippen molar-refractivity contribution in [3.63, 3.8) is 0 Å². The molecule has 6 rings (SSSR count). The highest BCUT2D eigenvalue weighted by molar-refractivity contribution is 6.12. The predicted octanol–water partition coefficient (Wildman–Crippen LogP) is 4.47. The number of imidazole rings is 1. The van der Waals surface area contributed by atoms with Gasteiger partial charge in [-0.3, -0.25) is 9.79 Å². The van der Waals surface area contributed by atoms with Crippen molar-refractivity contribution in [2.24, 2.45) is 10.9 Å². The molecule has 0 spiro atoms. The normalized spacial score (nSPS) is 19.5. The quantitative estimate of drug-likeness (QED) is 0.453. The molecule has 1 aliphatic carbocycles. The number of dihydropyridines is 1. The third kappa shape index (κ3) is 3.96. The summed E-state index contributed by atoms with van der Waals surface area (Å²) in [7, 11) is 0. The number of benzene rings is 1. The van der Waals surface area contributed by atoms with Crippen LogP contribution in [0.4, 0.5) is 19.0 Å². The Morgan fingerprint density at radius 2 is 2.08 bits per heavy atom. The minimum absolute atomic E-state index is 0.0845. The summed E-state index contributed by atoms with van der Waals surface area (Å²) in [4.78, 5) is 24.6. The Morgan fingerprint density at radius 3 is 2.89 bits per heavy atom. The monoisotopic (exact) mass is 505 g/mol. The summed E-state index contributed by atoms with van der Waals surface area (Å²) < 4.78 is 42.0. The number of ketones is 1. The van der Waals surface area contributed by atoms with Crippen LogP contribution in [-0.2, 0) is 0 Å². The van der Waals surface area contributed by atoms with E-state index in [1.165, 1.54) is 10.9 Å². The number of Topliss-reactive ketones (excluding diaryl/α,β-unsaturated/α-hetero) is 1. The number of nitrogens with two attached hydrogens (primary N) is 1. The molecular weight excluding hydrogens is 483 g/mol. The van der Waals surface area contributed by atoms with Crippen LogP contribution in [-0.4, -0.2) is 44.0 Å². The molecule has 4 heterocycles. The number of carbonyl (C=O) groups excluding carboxylic acids is 1. The number of aliphatic imine (C=N–C) groups is 1. The summed E-state index contributed by atoms with van der Waals surface area (Å²) in [5, 5.41) is 7.41. The molecule has 1 atom stereocenters. The minimum atomic E-state index is -4.52. The number of hydrogen-bond donors (Lipinski definition) is 3. The van der Waals surface area contributed by atoms with Gasteiger partial charge < -0.3 is 16.0 Å². The SMILES string of the molecule is Cc1nc2ccc(-n3ncc(C(=O)C4=CC5CC=C(C6=CCCN=C6C(F)(F)F)C=C5N4)c3N)cc2[nH]1. The lowest BCUT2D eigenvalue weighted by molar-refractivity contribution is -0.0584. The predicted molar refractivity (Wildman–Crippen MR) is 133 cm³/mol. The van der Waals surface area contributed by atoms with Gasteiger partial charge in [-0.05, 0) is 55.7 Å². The van der Waals surface area contributed by atoms with Gasteiger partial charge in [0.05, 0.1) is 34.2 Å². The zero-order valence-electron chi connectivity index (χ0n) is 19.7. The second-order valence-corrected chi connectivity index (χ2v) is 9.15. The van der Waals surface area contributed by atoms with Crippen LogP contribution in [0, 0.1) is 12.8 Å². The second-order valence-electron chi connectivity index (χ2n) is 9.15.